The number of benzene rings is 2. The van der Waals surface area contributed by atoms with Gasteiger partial charge in [0.15, 0.2) is 23.7 Å². The average molecular weight is 348 g/mol. The van der Waals surface area contributed by atoms with E-state index in [0.717, 1.165) is 18.2 Å². The fourth-order valence-corrected chi connectivity index (χ4v) is 2.71. The largest absolute Gasteiger partial charge is 0.508 e. The molecule has 0 aromatic heterocycles. The third-order valence-corrected chi connectivity index (χ3v) is 3.83. The van der Waals surface area contributed by atoms with E-state index in [4.69, 9.17) is 9.47 Å². The van der Waals surface area contributed by atoms with Crippen LogP contribution < -0.4 is 9.47 Å². The molecular formula is C17H16O8. The second-order valence-corrected chi connectivity index (χ2v) is 5.51. The molecule has 5 N–H and O–H groups in total. The van der Waals surface area contributed by atoms with Gasteiger partial charge in [0.25, 0.3) is 0 Å². The first-order chi connectivity index (χ1) is 11.8. The molecule has 0 amide bonds. The van der Waals surface area contributed by atoms with E-state index in [0.29, 0.717) is 0 Å². The Labute approximate surface area is 142 Å². The number of Topliss-reactive ketones (excluding diaryl/α,β-unsaturated/α-hetero) is 1. The lowest BCUT2D eigenvalue weighted by atomic mass is 9.92. The number of phenols is 4. The maximum absolute atomic E-state index is 12.4. The van der Waals surface area contributed by atoms with Gasteiger partial charge in [-0.2, -0.15) is 0 Å². The van der Waals surface area contributed by atoms with Gasteiger partial charge in [0, 0.05) is 17.7 Å². The second-order valence-electron chi connectivity index (χ2n) is 5.51. The Morgan fingerprint density at radius 3 is 2.48 bits per heavy atom. The number of carbonyl (C=O) groups excluding carboxylic acids is 1. The van der Waals surface area contributed by atoms with Crippen LogP contribution in [0.2, 0.25) is 0 Å². The zero-order chi connectivity index (χ0) is 18.3. The summed E-state index contributed by atoms with van der Waals surface area (Å²) in [5.74, 6) is -2.75. The van der Waals surface area contributed by atoms with Crippen molar-refractivity contribution in [3.8, 4) is 34.5 Å². The summed E-state index contributed by atoms with van der Waals surface area (Å²) in [6.45, 7) is 1.90. The van der Waals surface area contributed by atoms with Crippen LogP contribution in [-0.2, 0) is 0 Å². The number of hydrogen-bond donors (Lipinski definition) is 5. The number of fused-ring (bicyclic) bond motifs is 1. The lowest BCUT2D eigenvalue weighted by Gasteiger charge is -2.30. The smallest absolute Gasteiger partial charge is 0.202 e. The Hall–Kier alpha value is -3.13. The van der Waals surface area contributed by atoms with E-state index in [2.05, 4.69) is 0 Å². The second kappa shape index (κ2) is 6.06. The van der Waals surface area contributed by atoms with Crippen LogP contribution in [0.5, 0.6) is 34.5 Å². The van der Waals surface area contributed by atoms with E-state index in [1.165, 1.54) is 6.07 Å². The van der Waals surface area contributed by atoms with Crippen molar-refractivity contribution in [1.29, 1.82) is 0 Å². The van der Waals surface area contributed by atoms with Gasteiger partial charge in [0.2, 0.25) is 11.5 Å². The minimum absolute atomic E-state index is 0.0368. The maximum atomic E-state index is 12.4. The number of ketones is 1. The summed E-state index contributed by atoms with van der Waals surface area (Å²) < 4.78 is 10.8. The monoisotopic (exact) mass is 348 g/mol. The van der Waals surface area contributed by atoms with Gasteiger partial charge in [-0.15, -0.1) is 0 Å². The van der Waals surface area contributed by atoms with Crippen molar-refractivity contribution in [2.75, 3.05) is 6.61 Å². The van der Waals surface area contributed by atoms with Crippen LogP contribution in [0.25, 0.3) is 0 Å². The minimum atomic E-state index is -1.67. The van der Waals surface area contributed by atoms with Crippen LogP contribution in [0.4, 0.5) is 0 Å². The quantitative estimate of drug-likeness (QED) is 0.527. The van der Waals surface area contributed by atoms with Gasteiger partial charge < -0.3 is 35.0 Å². The van der Waals surface area contributed by atoms with Gasteiger partial charge in [0.05, 0.1) is 6.61 Å². The van der Waals surface area contributed by atoms with E-state index in [1.807, 2.05) is 0 Å². The molecule has 8 heteroatoms. The van der Waals surface area contributed by atoms with Crippen LogP contribution in [0.15, 0.2) is 24.3 Å². The maximum Gasteiger partial charge on any atom is 0.202 e. The summed E-state index contributed by atoms with van der Waals surface area (Å²) >= 11 is 0. The molecule has 8 nitrogen and oxygen atoms in total. The number of aliphatic hydroxyl groups excluding tert-OH is 1. The number of carbonyl (C=O) groups is 1. The molecule has 0 fully saturated rings. The van der Waals surface area contributed by atoms with Gasteiger partial charge >= 0.3 is 0 Å². The zero-order valence-electron chi connectivity index (χ0n) is 13.1. The molecule has 1 aliphatic rings. The summed E-state index contributed by atoms with van der Waals surface area (Å²) in [6.07, 6.45) is -2.90. The molecule has 0 saturated carbocycles. The Kier molecular flexibility index (Phi) is 4.05. The Balaban J connectivity index is 2.08. The number of rotatable bonds is 3. The number of ether oxygens (including phenoxy) is 2. The highest BCUT2D eigenvalue weighted by Crippen LogP contribution is 2.44. The van der Waals surface area contributed by atoms with E-state index in [-0.39, 0.29) is 35.0 Å². The SMILES string of the molecule is CCOc1cc(C2Oc3cc(O)cc(O)c3C(=O)C2O)cc(O)c1O. The Bertz CT molecular complexity index is 845. The highest BCUT2D eigenvalue weighted by molar-refractivity contribution is 6.05. The predicted octanol–water partition coefficient (Wildman–Crippen LogP) is 1.58. The number of aliphatic hydroxyl groups is 1. The number of phenolic OH excluding ortho intramolecular Hbond substituents is 4. The fourth-order valence-electron chi connectivity index (χ4n) is 2.71. The summed E-state index contributed by atoms with van der Waals surface area (Å²) in [7, 11) is 0. The van der Waals surface area contributed by atoms with E-state index in [1.54, 1.807) is 6.92 Å². The molecule has 132 valence electrons. The van der Waals surface area contributed by atoms with Crippen LogP contribution in [0.1, 0.15) is 28.9 Å². The van der Waals surface area contributed by atoms with E-state index >= 15 is 0 Å². The summed E-state index contributed by atoms with van der Waals surface area (Å²) in [5, 5.41) is 49.3. The molecule has 3 rings (SSSR count). The molecule has 0 aliphatic carbocycles. The van der Waals surface area contributed by atoms with Crippen LogP contribution >= 0.6 is 0 Å². The molecule has 2 aromatic carbocycles. The first kappa shape index (κ1) is 16.7. The van der Waals surface area contributed by atoms with E-state index in [9.17, 15) is 30.3 Å². The fraction of sp³-hybridized carbons (Fsp3) is 0.235. The molecule has 2 atom stereocenters. The summed E-state index contributed by atoms with van der Waals surface area (Å²) in [6, 6.07) is 4.56. The van der Waals surface area contributed by atoms with Gasteiger partial charge in [0.1, 0.15) is 22.8 Å². The van der Waals surface area contributed by atoms with Crippen molar-refractivity contribution in [1.82, 2.24) is 0 Å². The number of hydrogen-bond acceptors (Lipinski definition) is 8. The first-order valence-electron chi connectivity index (χ1n) is 7.47. The number of aromatic hydroxyl groups is 4. The lowest BCUT2D eigenvalue weighted by Crippen LogP contribution is -2.36. The average Bonchev–Trinajstić information content (AvgIpc) is 2.54. The lowest BCUT2D eigenvalue weighted by molar-refractivity contribution is 0.0209. The molecule has 0 radical (unpaired) electrons. The van der Waals surface area contributed by atoms with Crippen molar-refractivity contribution in [3.05, 3.63) is 35.4 Å². The van der Waals surface area contributed by atoms with Gasteiger partial charge in [-0.25, -0.2) is 0 Å². The predicted molar refractivity (Wildman–Crippen MR) is 84.4 cm³/mol. The van der Waals surface area contributed by atoms with Gasteiger partial charge in [-0.05, 0) is 19.1 Å². The molecule has 0 bridgehead atoms. The highest BCUT2D eigenvalue weighted by atomic mass is 16.5. The van der Waals surface area contributed by atoms with Crippen molar-refractivity contribution in [2.45, 2.75) is 19.1 Å². The highest BCUT2D eigenvalue weighted by Gasteiger charge is 2.39. The van der Waals surface area contributed by atoms with Crippen molar-refractivity contribution < 1.29 is 39.8 Å². The molecule has 0 saturated heterocycles. The molecular weight excluding hydrogens is 332 g/mol. The topological polar surface area (TPSA) is 137 Å². The van der Waals surface area contributed by atoms with Crippen molar-refractivity contribution in [3.63, 3.8) is 0 Å². The first-order valence-corrected chi connectivity index (χ1v) is 7.47. The molecule has 1 aliphatic heterocycles. The third kappa shape index (κ3) is 2.76. The molecule has 1 heterocycles. The van der Waals surface area contributed by atoms with Gasteiger partial charge in [-0.1, -0.05) is 0 Å². The van der Waals surface area contributed by atoms with Crippen LogP contribution in [0, 0.1) is 0 Å². The molecule has 25 heavy (non-hydrogen) atoms. The molecule has 2 unspecified atom stereocenters. The summed E-state index contributed by atoms with van der Waals surface area (Å²) in [5.41, 5.74) is -0.0670. The normalized spacial score (nSPS) is 19.2. The Morgan fingerprint density at radius 2 is 1.80 bits per heavy atom. The minimum Gasteiger partial charge on any atom is -0.508 e. The van der Waals surface area contributed by atoms with Crippen LogP contribution in [0.3, 0.4) is 0 Å². The van der Waals surface area contributed by atoms with Crippen LogP contribution in [-0.4, -0.2) is 44.0 Å². The molecule has 2 aromatic rings. The standard InChI is InChI=1S/C17H16O8/c1-2-24-12-4-7(3-10(20)14(12)21)17-16(23)15(22)13-9(19)5-8(18)6-11(13)25-17/h3-6,16-21,23H,2H2,1H3. The van der Waals surface area contributed by atoms with Crippen molar-refractivity contribution >= 4 is 5.78 Å². The third-order valence-electron chi connectivity index (χ3n) is 3.83. The Morgan fingerprint density at radius 1 is 1.08 bits per heavy atom. The summed E-state index contributed by atoms with van der Waals surface area (Å²) in [4.78, 5) is 12.4. The van der Waals surface area contributed by atoms with Gasteiger partial charge in [-0.3, -0.25) is 4.79 Å². The van der Waals surface area contributed by atoms with E-state index < -0.39 is 35.2 Å². The zero-order valence-corrected chi connectivity index (χ0v) is 13.1. The molecule has 0 spiro atoms. The van der Waals surface area contributed by atoms with Crippen molar-refractivity contribution in [2.24, 2.45) is 0 Å².